The third kappa shape index (κ3) is 6.34. The number of carbonyl (C=O) groups excluding carboxylic acids is 2. The first-order valence-electron chi connectivity index (χ1n) is 12.9. The first-order valence-corrected chi connectivity index (χ1v) is 13.3. The highest BCUT2D eigenvalue weighted by Crippen LogP contribution is 2.30. The molecule has 5 rings (SSSR count). The van der Waals surface area contributed by atoms with Gasteiger partial charge in [-0.15, -0.1) is 0 Å². The molecule has 210 valence electrons. The number of aromatic nitrogens is 5. The van der Waals surface area contributed by atoms with E-state index in [0.717, 1.165) is 18.7 Å². The molecule has 1 aromatic carbocycles. The molecule has 1 saturated heterocycles. The van der Waals surface area contributed by atoms with Crippen LogP contribution < -0.4 is 0 Å². The molecule has 0 radical (unpaired) electrons. The Bertz CT molecular complexity index is 1530. The highest BCUT2D eigenvalue weighted by molar-refractivity contribution is 6.30. The smallest absolute Gasteiger partial charge is 0.291 e. The Morgan fingerprint density at radius 1 is 1.12 bits per heavy atom. The number of benzene rings is 1. The Balaban J connectivity index is 0.000000194. The summed E-state index contributed by atoms with van der Waals surface area (Å²) in [5.74, 6) is -0.290. The second-order valence-electron chi connectivity index (χ2n) is 11.4. The van der Waals surface area contributed by atoms with E-state index in [4.69, 9.17) is 11.6 Å². The molecule has 1 aliphatic heterocycles. The number of hydrogen-bond acceptors (Lipinski definition) is 7. The average molecular weight is 566 g/mol. The van der Waals surface area contributed by atoms with Crippen molar-refractivity contribution in [3.63, 3.8) is 0 Å². The van der Waals surface area contributed by atoms with Crippen molar-refractivity contribution in [2.24, 2.45) is 0 Å². The Morgan fingerprint density at radius 3 is 2.42 bits per heavy atom. The summed E-state index contributed by atoms with van der Waals surface area (Å²) in [5, 5.41) is 4.51. The highest BCUT2D eigenvalue weighted by atomic mass is 35.5. The second kappa shape index (κ2) is 11.4. The molecule has 4 aromatic rings. The van der Waals surface area contributed by atoms with E-state index in [0.29, 0.717) is 35.4 Å². The number of imidazole rings is 1. The van der Waals surface area contributed by atoms with E-state index in [1.54, 1.807) is 35.2 Å². The molecular weight excluding hydrogens is 533 g/mol. The van der Waals surface area contributed by atoms with Gasteiger partial charge >= 0.3 is 0 Å². The molecule has 0 bridgehead atoms. The fourth-order valence-electron chi connectivity index (χ4n) is 4.36. The molecule has 4 heterocycles. The van der Waals surface area contributed by atoms with Gasteiger partial charge in [0.05, 0.1) is 16.9 Å². The number of nitrogens with zero attached hydrogens (tertiary/aromatic N) is 7. The van der Waals surface area contributed by atoms with Crippen LogP contribution in [0, 0.1) is 5.82 Å². The van der Waals surface area contributed by atoms with Gasteiger partial charge in [-0.1, -0.05) is 38.4 Å². The minimum absolute atomic E-state index is 0.00267. The molecule has 9 nitrogen and oxygen atoms in total. The van der Waals surface area contributed by atoms with Crippen LogP contribution in [0.5, 0.6) is 0 Å². The van der Waals surface area contributed by atoms with E-state index < -0.39 is 5.82 Å². The van der Waals surface area contributed by atoms with Gasteiger partial charge in [-0.2, -0.15) is 5.10 Å². The van der Waals surface area contributed by atoms with Gasteiger partial charge in [-0.05, 0) is 50.6 Å². The van der Waals surface area contributed by atoms with E-state index in [2.05, 4.69) is 45.8 Å². The minimum Gasteiger partial charge on any atom is -0.333 e. The maximum atomic E-state index is 13.7. The fourth-order valence-corrected chi connectivity index (χ4v) is 4.48. The Hall–Kier alpha value is -3.76. The number of likely N-dealkylation sites (N-methyl/N-ethyl adjacent to an activating group) is 1. The lowest BCUT2D eigenvalue weighted by Crippen LogP contribution is -2.59. The number of piperazine rings is 1. The number of halogens is 2. The standard InChI is InChI=1S/C17H15ClFN3O.C12H18N4O/c1-17(2,3)12-7-15(10-4-5-13(18)14(19)6-10)21-22-8-11(9-23)20-16(12)22;1-12(2)9-16(8-7-15(12)3)11(17)10-13-5-4-6-14-10/h4-9H,1-3H3;4-6H,7-9H2,1-3H3. The van der Waals surface area contributed by atoms with Crippen LogP contribution in [0.15, 0.2) is 48.9 Å². The number of aldehydes is 1. The Labute approximate surface area is 238 Å². The lowest BCUT2D eigenvalue weighted by molar-refractivity contribution is 0.0302. The monoisotopic (exact) mass is 565 g/mol. The highest BCUT2D eigenvalue weighted by Gasteiger charge is 2.34. The van der Waals surface area contributed by atoms with Gasteiger partial charge in [0.25, 0.3) is 5.91 Å². The summed E-state index contributed by atoms with van der Waals surface area (Å²) < 4.78 is 15.3. The van der Waals surface area contributed by atoms with Gasteiger partial charge in [0, 0.05) is 48.7 Å². The fraction of sp³-hybridized carbons (Fsp3) is 0.379. The predicted octanol–water partition coefficient (Wildman–Crippen LogP) is 4.94. The summed E-state index contributed by atoms with van der Waals surface area (Å²) in [6.07, 6.45) is 5.44. The third-order valence-corrected chi connectivity index (χ3v) is 7.26. The molecule has 0 spiro atoms. The zero-order valence-corrected chi connectivity index (χ0v) is 24.3. The van der Waals surface area contributed by atoms with Gasteiger partial charge in [-0.25, -0.2) is 23.9 Å². The Morgan fingerprint density at radius 2 is 1.82 bits per heavy atom. The molecular formula is C29H33ClFN7O2. The van der Waals surface area contributed by atoms with Crippen molar-refractivity contribution < 1.29 is 14.0 Å². The molecule has 1 fully saturated rings. The molecule has 0 aliphatic carbocycles. The zero-order valence-electron chi connectivity index (χ0n) is 23.5. The van der Waals surface area contributed by atoms with Crippen LogP contribution in [0.1, 0.15) is 61.3 Å². The van der Waals surface area contributed by atoms with Gasteiger partial charge < -0.3 is 4.90 Å². The van der Waals surface area contributed by atoms with Gasteiger partial charge in [0.1, 0.15) is 11.5 Å². The molecule has 0 N–H and O–H groups in total. The molecule has 40 heavy (non-hydrogen) atoms. The molecule has 1 amide bonds. The number of hydrogen-bond donors (Lipinski definition) is 0. The van der Waals surface area contributed by atoms with E-state index >= 15 is 0 Å². The van der Waals surface area contributed by atoms with Crippen molar-refractivity contribution in [2.45, 2.75) is 45.6 Å². The maximum absolute atomic E-state index is 13.7. The second-order valence-corrected chi connectivity index (χ2v) is 11.8. The van der Waals surface area contributed by atoms with Crippen LogP contribution in [0.2, 0.25) is 5.02 Å². The normalized spacial score (nSPS) is 15.4. The van der Waals surface area contributed by atoms with Gasteiger partial charge in [0.2, 0.25) is 5.82 Å². The van der Waals surface area contributed by atoms with Crippen molar-refractivity contribution in [3.8, 4) is 11.3 Å². The molecule has 0 atom stereocenters. The number of fused-ring (bicyclic) bond motifs is 1. The van der Waals surface area contributed by atoms with Crippen molar-refractivity contribution in [1.29, 1.82) is 0 Å². The van der Waals surface area contributed by atoms with Crippen LogP contribution in [0.25, 0.3) is 16.9 Å². The summed E-state index contributed by atoms with van der Waals surface area (Å²) in [6, 6.07) is 8.15. The van der Waals surface area contributed by atoms with Crippen molar-refractivity contribution >= 4 is 29.4 Å². The average Bonchev–Trinajstić information content (AvgIpc) is 3.34. The lowest BCUT2D eigenvalue weighted by atomic mass is 9.87. The first kappa shape index (κ1) is 29.2. The van der Waals surface area contributed by atoms with Crippen LogP contribution in [-0.2, 0) is 5.41 Å². The largest absolute Gasteiger partial charge is 0.333 e. The molecule has 3 aromatic heterocycles. The van der Waals surface area contributed by atoms with Crippen molar-refractivity contribution in [1.82, 2.24) is 34.4 Å². The first-order chi connectivity index (χ1) is 18.8. The topological polar surface area (TPSA) is 96.6 Å². The Kier molecular flexibility index (Phi) is 8.32. The van der Waals surface area contributed by atoms with Crippen molar-refractivity contribution in [2.75, 3.05) is 26.7 Å². The molecule has 11 heteroatoms. The summed E-state index contributed by atoms with van der Waals surface area (Å²) in [7, 11) is 2.08. The van der Waals surface area contributed by atoms with E-state index in [-0.39, 0.29) is 27.7 Å². The van der Waals surface area contributed by atoms with E-state index in [1.807, 2.05) is 31.7 Å². The van der Waals surface area contributed by atoms with Crippen molar-refractivity contribution in [3.05, 3.63) is 76.8 Å². The predicted molar refractivity (Wildman–Crippen MR) is 152 cm³/mol. The molecule has 0 saturated carbocycles. The van der Waals surface area contributed by atoms with Gasteiger partial charge in [-0.3, -0.25) is 14.5 Å². The minimum atomic E-state index is -0.498. The van der Waals surface area contributed by atoms with E-state index in [9.17, 15) is 14.0 Å². The zero-order chi connectivity index (χ0) is 29.2. The van der Waals surface area contributed by atoms with E-state index in [1.165, 1.54) is 12.1 Å². The summed E-state index contributed by atoms with van der Waals surface area (Å²) >= 11 is 5.74. The molecule has 0 unspecified atom stereocenters. The summed E-state index contributed by atoms with van der Waals surface area (Å²) in [6.45, 7) is 12.7. The van der Waals surface area contributed by atoms with Crippen LogP contribution in [-0.4, -0.2) is 78.8 Å². The van der Waals surface area contributed by atoms with Crippen LogP contribution >= 0.6 is 11.6 Å². The SMILES string of the molecule is CC(C)(C)c1cc(-c2ccc(Cl)c(F)c2)nn2cc(C=O)nc12.CN1CCN(C(=O)c2ncccn2)CC1(C)C. The van der Waals surface area contributed by atoms with Crippen LogP contribution in [0.3, 0.4) is 0 Å². The maximum Gasteiger partial charge on any atom is 0.291 e. The summed E-state index contributed by atoms with van der Waals surface area (Å²) in [4.78, 5) is 39.6. The number of carbonyl (C=O) groups is 2. The van der Waals surface area contributed by atoms with Crippen LogP contribution in [0.4, 0.5) is 4.39 Å². The van der Waals surface area contributed by atoms with Gasteiger partial charge in [0.15, 0.2) is 11.9 Å². The number of rotatable bonds is 3. The lowest BCUT2D eigenvalue weighted by Gasteiger charge is -2.45. The third-order valence-electron chi connectivity index (χ3n) is 6.95. The summed E-state index contributed by atoms with van der Waals surface area (Å²) in [5.41, 5.74) is 2.85. The quantitative estimate of drug-likeness (QED) is 0.325. The molecule has 1 aliphatic rings. The number of amides is 1.